The van der Waals surface area contributed by atoms with Crippen LogP contribution < -0.4 is 20.1 Å². The summed E-state index contributed by atoms with van der Waals surface area (Å²) >= 11 is 5.46. The smallest absolute Gasteiger partial charge is 0.308 e. The maximum absolute atomic E-state index is 13.1. The maximum Gasteiger partial charge on any atom is 0.308 e. The second kappa shape index (κ2) is 14.2. The lowest BCUT2D eigenvalue weighted by Crippen LogP contribution is -2.60. The van der Waals surface area contributed by atoms with Gasteiger partial charge < -0.3 is 24.4 Å². The molecule has 9 nitrogen and oxygen atoms in total. The fourth-order valence-electron chi connectivity index (χ4n) is 3.63. The van der Waals surface area contributed by atoms with Gasteiger partial charge in [-0.1, -0.05) is 44.2 Å². The molecule has 0 aromatic heterocycles. The van der Waals surface area contributed by atoms with Gasteiger partial charge >= 0.3 is 5.97 Å². The number of rotatable bonds is 11. The summed E-state index contributed by atoms with van der Waals surface area (Å²) in [5.41, 5.74) is 0.288. The average molecular weight is 528 g/mol. The molecule has 1 saturated heterocycles. The van der Waals surface area contributed by atoms with Gasteiger partial charge in [0.25, 0.3) is 5.91 Å². The minimum Gasteiger partial charge on any atom is -0.490 e. The minimum absolute atomic E-state index is 0.0574. The number of para-hydroxylation sites is 2. The molecular formula is C27H33N3O6S. The number of carbonyl (C=O) groups is 3. The molecule has 2 aromatic carbocycles. The molecule has 3 rings (SSSR count). The maximum atomic E-state index is 13.1. The van der Waals surface area contributed by atoms with E-state index in [1.54, 1.807) is 29.2 Å². The van der Waals surface area contributed by atoms with E-state index < -0.39 is 17.9 Å². The van der Waals surface area contributed by atoms with Crippen molar-refractivity contribution in [2.45, 2.75) is 32.7 Å². The Morgan fingerprint density at radius 2 is 1.76 bits per heavy atom. The topological polar surface area (TPSA) is 106 Å². The number of esters is 1. The van der Waals surface area contributed by atoms with Gasteiger partial charge in [0, 0.05) is 13.1 Å². The Labute approximate surface area is 222 Å². The normalized spacial score (nSPS) is 15.1. The zero-order valence-corrected chi connectivity index (χ0v) is 21.9. The molecular weight excluding hydrogens is 494 g/mol. The van der Waals surface area contributed by atoms with Crippen molar-refractivity contribution in [2.24, 2.45) is 5.92 Å². The van der Waals surface area contributed by atoms with Crippen molar-refractivity contribution in [1.82, 2.24) is 15.5 Å². The van der Waals surface area contributed by atoms with E-state index in [2.05, 4.69) is 10.6 Å². The third kappa shape index (κ3) is 8.75. The third-order valence-corrected chi connectivity index (χ3v) is 5.95. The highest BCUT2D eigenvalue weighted by Crippen LogP contribution is 2.19. The van der Waals surface area contributed by atoms with Crippen LogP contribution in [0.15, 0.2) is 54.6 Å². The largest absolute Gasteiger partial charge is 0.490 e. The lowest BCUT2D eigenvalue weighted by atomic mass is 10.1. The number of benzene rings is 2. The Bertz CT molecular complexity index is 1080. The van der Waals surface area contributed by atoms with Crippen LogP contribution in [-0.2, 0) is 14.3 Å². The minimum atomic E-state index is -0.866. The van der Waals surface area contributed by atoms with Crippen LogP contribution in [0.2, 0.25) is 0 Å². The van der Waals surface area contributed by atoms with E-state index >= 15 is 0 Å². The van der Waals surface area contributed by atoms with Crippen LogP contribution in [0, 0.1) is 5.92 Å². The summed E-state index contributed by atoms with van der Waals surface area (Å²) in [6.45, 7) is 5.59. The Morgan fingerprint density at radius 3 is 2.51 bits per heavy atom. The SMILES string of the molecule is CC(C)CCOC(=O)CC1C(=O)NCCN1C(=S)NC(=O)c1ccccc1OCCOc1ccccc1. The molecule has 1 aliphatic heterocycles. The molecule has 37 heavy (non-hydrogen) atoms. The Morgan fingerprint density at radius 1 is 1.05 bits per heavy atom. The predicted molar refractivity (Wildman–Crippen MR) is 142 cm³/mol. The number of nitrogens with zero attached hydrogens (tertiary/aromatic N) is 1. The second-order valence-corrected chi connectivity index (χ2v) is 9.26. The van der Waals surface area contributed by atoms with Crippen LogP contribution in [0.25, 0.3) is 0 Å². The average Bonchev–Trinajstić information content (AvgIpc) is 2.88. The van der Waals surface area contributed by atoms with Crippen molar-refractivity contribution >= 4 is 35.1 Å². The number of ether oxygens (including phenoxy) is 3. The van der Waals surface area contributed by atoms with E-state index in [0.717, 1.165) is 12.2 Å². The van der Waals surface area contributed by atoms with Gasteiger partial charge in [-0.15, -0.1) is 0 Å². The monoisotopic (exact) mass is 527 g/mol. The molecule has 1 heterocycles. The molecule has 0 spiro atoms. The zero-order chi connectivity index (χ0) is 26.6. The van der Waals surface area contributed by atoms with Gasteiger partial charge in [0.1, 0.15) is 30.8 Å². The first-order valence-electron chi connectivity index (χ1n) is 12.3. The van der Waals surface area contributed by atoms with Crippen LogP contribution in [0.1, 0.15) is 37.0 Å². The highest BCUT2D eigenvalue weighted by atomic mass is 32.1. The van der Waals surface area contributed by atoms with E-state index in [9.17, 15) is 14.4 Å². The number of nitrogens with one attached hydrogen (secondary N) is 2. The second-order valence-electron chi connectivity index (χ2n) is 8.87. The van der Waals surface area contributed by atoms with Crippen LogP contribution in [0.3, 0.4) is 0 Å². The Kier molecular flexibility index (Phi) is 10.7. The fourth-order valence-corrected chi connectivity index (χ4v) is 3.94. The highest BCUT2D eigenvalue weighted by Gasteiger charge is 2.34. The summed E-state index contributed by atoms with van der Waals surface area (Å²) in [5, 5.41) is 5.48. The van der Waals surface area contributed by atoms with Gasteiger partial charge in [-0.25, -0.2) is 0 Å². The molecule has 2 aromatic rings. The molecule has 2 N–H and O–H groups in total. The molecule has 0 aliphatic carbocycles. The molecule has 1 aliphatic rings. The molecule has 198 valence electrons. The van der Waals surface area contributed by atoms with E-state index in [1.165, 1.54) is 0 Å². The van der Waals surface area contributed by atoms with Gasteiger partial charge in [-0.2, -0.15) is 0 Å². The van der Waals surface area contributed by atoms with Gasteiger partial charge in [0.15, 0.2) is 5.11 Å². The molecule has 0 bridgehead atoms. The summed E-state index contributed by atoms with van der Waals surface area (Å²) < 4.78 is 16.7. The highest BCUT2D eigenvalue weighted by molar-refractivity contribution is 7.80. The van der Waals surface area contributed by atoms with Crippen LogP contribution in [0.5, 0.6) is 11.5 Å². The van der Waals surface area contributed by atoms with Crippen molar-refractivity contribution in [3.63, 3.8) is 0 Å². The van der Waals surface area contributed by atoms with E-state index in [-0.39, 0.29) is 29.6 Å². The summed E-state index contributed by atoms with van der Waals surface area (Å²) in [4.78, 5) is 39.5. The van der Waals surface area contributed by atoms with Crippen LogP contribution in [-0.4, -0.2) is 66.7 Å². The molecule has 1 unspecified atom stereocenters. The first-order valence-corrected chi connectivity index (χ1v) is 12.7. The van der Waals surface area contributed by atoms with E-state index in [4.69, 9.17) is 26.4 Å². The number of piperazine rings is 1. The number of amides is 2. The first-order chi connectivity index (χ1) is 17.8. The van der Waals surface area contributed by atoms with Crippen molar-refractivity contribution in [2.75, 3.05) is 32.9 Å². The molecule has 1 atom stereocenters. The molecule has 1 fully saturated rings. The van der Waals surface area contributed by atoms with Crippen molar-refractivity contribution in [3.8, 4) is 11.5 Å². The van der Waals surface area contributed by atoms with E-state index in [1.807, 2.05) is 44.2 Å². The quantitative estimate of drug-likeness (QED) is 0.261. The Balaban J connectivity index is 1.57. The predicted octanol–water partition coefficient (Wildman–Crippen LogP) is 2.94. The third-order valence-electron chi connectivity index (χ3n) is 5.61. The lowest BCUT2D eigenvalue weighted by molar-refractivity contribution is -0.147. The number of hydrogen-bond acceptors (Lipinski definition) is 7. The summed E-state index contributed by atoms with van der Waals surface area (Å²) in [6, 6.07) is 15.3. The number of hydrogen-bond donors (Lipinski definition) is 2. The van der Waals surface area contributed by atoms with Crippen molar-refractivity contribution in [3.05, 3.63) is 60.2 Å². The van der Waals surface area contributed by atoms with Gasteiger partial charge in [0.2, 0.25) is 5.91 Å². The van der Waals surface area contributed by atoms with Crippen LogP contribution >= 0.6 is 12.2 Å². The zero-order valence-electron chi connectivity index (χ0n) is 21.1. The molecule has 0 saturated carbocycles. The van der Waals surface area contributed by atoms with E-state index in [0.29, 0.717) is 38.0 Å². The summed E-state index contributed by atoms with van der Waals surface area (Å²) in [7, 11) is 0. The van der Waals surface area contributed by atoms with Crippen molar-refractivity contribution < 1.29 is 28.6 Å². The lowest BCUT2D eigenvalue weighted by Gasteiger charge is -2.36. The molecule has 2 amide bonds. The van der Waals surface area contributed by atoms with Gasteiger partial charge in [-0.05, 0) is 48.8 Å². The molecule has 10 heteroatoms. The van der Waals surface area contributed by atoms with Gasteiger partial charge in [0.05, 0.1) is 18.6 Å². The first kappa shape index (κ1) is 27.9. The van der Waals surface area contributed by atoms with Crippen molar-refractivity contribution in [1.29, 1.82) is 0 Å². The standard InChI is InChI=1S/C27H33N3O6S/c1-19(2)12-15-36-24(31)18-22-26(33)28-13-14-30(22)27(37)29-25(32)21-10-6-7-11-23(21)35-17-16-34-20-8-4-3-5-9-20/h3-11,19,22H,12-18H2,1-2H3,(H,28,33)(H,29,32,37). The fraction of sp³-hybridized carbons (Fsp3) is 0.407. The number of carbonyl (C=O) groups excluding carboxylic acids is 3. The van der Waals surface area contributed by atoms with Crippen LogP contribution in [0.4, 0.5) is 0 Å². The summed E-state index contributed by atoms with van der Waals surface area (Å²) in [6.07, 6.45) is 0.571. The number of thiocarbonyl (C=S) groups is 1. The Hall–Kier alpha value is -3.66. The summed E-state index contributed by atoms with van der Waals surface area (Å²) in [5.74, 6) is 0.193. The van der Waals surface area contributed by atoms with Gasteiger partial charge in [-0.3, -0.25) is 19.7 Å². The molecule has 0 radical (unpaired) electrons.